The Balaban J connectivity index is 1.52. The van der Waals surface area contributed by atoms with Crippen molar-refractivity contribution < 1.29 is 18.0 Å². The summed E-state index contributed by atoms with van der Waals surface area (Å²) in [5.41, 5.74) is 4.08. The summed E-state index contributed by atoms with van der Waals surface area (Å²) in [6.45, 7) is 3.20. The fourth-order valence-corrected chi connectivity index (χ4v) is 5.71. The summed E-state index contributed by atoms with van der Waals surface area (Å²) in [6.07, 6.45) is 0.310. The summed E-state index contributed by atoms with van der Waals surface area (Å²) in [4.78, 5) is 28.8. The number of fused-ring (bicyclic) bond motifs is 1. The van der Waals surface area contributed by atoms with E-state index in [9.17, 15) is 18.0 Å². The van der Waals surface area contributed by atoms with Gasteiger partial charge in [0.15, 0.2) is 5.13 Å². The summed E-state index contributed by atoms with van der Waals surface area (Å²) in [6, 6.07) is 14.0. The average Bonchev–Trinajstić information content (AvgIpc) is 3.26. The van der Waals surface area contributed by atoms with Gasteiger partial charge in [0.2, 0.25) is 21.8 Å². The van der Waals surface area contributed by atoms with Crippen LogP contribution >= 0.6 is 11.3 Å². The van der Waals surface area contributed by atoms with Crippen LogP contribution in [-0.4, -0.2) is 41.3 Å². The number of carbonyl (C=O) groups is 2. The van der Waals surface area contributed by atoms with E-state index < -0.39 is 22.0 Å². The summed E-state index contributed by atoms with van der Waals surface area (Å²) in [5, 5.41) is 7.73. The molecule has 33 heavy (non-hydrogen) atoms. The molecule has 2 N–H and O–H groups in total. The zero-order valence-electron chi connectivity index (χ0n) is 18.2. The molecule has 1 aliphatic heterocycles. The first-order chi connectivity index (χ1) is 15.8. The number of hydrogen-bond donors (Lipinski definition) is 2. The van der Waals surface area contributed by atoms with Gasteiger partial charge in [0, 0.05) is 30.1 Å². The largest absolute Gasteiger partial charge is 0.326 e. The minimum Gasteiger partial charge on any atom is -0.326 e. The van der Waals surface area contributed by atoms with E-state index in [1.54, 1.807) is 19.1 Å². The van der Waals surface area contributed by atoms with Gasteiger partial charge < -0.3 is 10.6 Å². The molecule has 1 unspecified atom stereocenters. The Kier molecular flexibility index (Phi) is 6.59. The van der Waals surface area contributed by atoms with E-state index >= 15 is 0 Å². The van der Waals surface area contributed by atoms with Crippen molar-refractivity contribution in [3.63, 3.8) is 0 Å². The third-order valence-electron chi connectivity index (χ3n) is 5.47. The smallest absolute Gasteiger partial charge is 0.244 e. The molecule has 0 bridgehead atoms. The van der Waals surface area contributed by atoms with Crippen molar-refractivity contribution in [3.8, 4) is 11.3 Å². The van der Waals surface area contributed by atoms with Gasteiger partial charge in [0.25, 0.3) is 0 Å². The Morgan fingerprint density at radius 1 is 1.09 bits per heavy atom. The molecule has 2 heterocycles. The molecule has 1 aromatic heterocycles. The van der Waals surface area contributed by atoms with Crippen molar-refractivity contribution in [1.29, 1.82) is 0 Å². The van der Waals surface area contributed by atoms with E-state index in [-0.39, 0.29) is 18.2 Å². The highest BCUT2D eigenvalue weighted by atomic mass is 32.2. The van der Waals surface area contributed by atoms with E-state index in [0.717, 1.165) is 16.7 Å². The molecule has 172 valence electrons. The number of benzene rings is 2. The highest BCUT2D eigenvalue weighted by Crippen LogP contribution is 2.29. The first-order valence-corrected chi connectivity index (χ1v) is 13.0. The number of aromatic nitrogens is 1. The lowest BCUT2D eigenvalue weighted by Crippen LogP contribution is -2.51. The number of carbonyl (C=O) groups excluding carboxylic acids is 2. The second-order valence-corrected chi connectivity index (χ2v) is 10.8. The molecule has 0 saturated carbocycles. The van der Waals surface area contributed by atoms with Crippen LogP contribution in [0.4, 0.5) is 10.8 Å². The molecule has 2 amide bonds. The summed E-state index contributed by atoms with van der Waals surface area (Å²) in [5.74, 6) is -0.622. The Hall–Kier alpha value is -3.08. The summed E-state index contributed by atoms with van der Waals surface area (Å²) in [7, 11) is -3.58. The van der Waals surface area contributed by atoms with Crippen LogP contribution in [0.25, 0.3) is 11.3 Å². The van der Waals surface area contributed by atoms with Crippen LogP contribution < -0.4 is 10.6 Å². The Bertz CT molecular complexity index is 1290. The predicted molar refractivity (Wildman–Crippen MR) is 129 cm³/mol. The third kappa shape index (κ3) is 5.13. The fourth-order valence-electron chi connectivity index (χ4n) is 3.76. The van der Waals surface area contributed by atoms with E-state index in [4.69, 9.17) is 0 Å². The van der Waals surface area contributed by atoms with E-state index in [0.29, 0.717) is 22.9 Å². The first kappa shape index (κ1) is 23.1. The average molecular weight is 485 g/mol. The van der Waals surface area contributed by atoms with Gasteiger partial charge in [0.05, 0.1) is 11.4 Å². The van der Waals surface area contributed by atoms with E-state index in [1.165, 1.54) is 22.6 Å². The molecule has 1 aliphatic rings. The zero-order valence-corrected chi connectivity index (χ0v) is 19.9. The molecule has 0 spiro atoms. The molecule has 1 atom stereocenters. The lowest BCUT2D eigenvalue weighted by atomic mass is 9.95. The van der Waals surface area contributed by atoms with Gasteiger partial charge in [-0.3, -0.25) is 9.59 Å². The van der Waals surface area contributed by atoms with Gasteiger partial charge in [0.1, 0.15) is 6.04 Å². The van der Waals surface area contributed by atoms with Gasteiger partial charge in [-0.1, -0.05) is 36.4 Å². The van der Waals surface area contributed by atoms with Crippen molar-refractivity contribution in [2.45, 2.75) is 32.9 Å². The maximum absolute atomic E-state index is 13.2. The van der Waals surface area contributed by atoms with Gasteiger partial charge in [-0.15, -0.1) is 11.3 Å². The maximum Gasteiger partial charge on any atom is 0.244 e. The van der Waals surface area contributed by atoms with Gasteiger partial charge >= 0.3 is 0 Å². The molecule has 8 nitrogen and oxygen atoms in total. The second kappa shape index (κ2) is 9.42. The van der Waals surface area contributed by atoms with Crippen LogP contribution in [0.2, 0.25) is 0 Å². The Morgan fingerprint density at radius 3 is 2.45 bits per heavy atom. The van der Waals surface area contributed by atoms with Crippen molar-refractivity contribution in [1.82, 2.24) is 9.29 Å². The molecule has 3 aromatic rings. The van der Waals surface area contributed by atoms with E-state index in [1.807, 2.05) is 41.8 Å². The number of thiazole rings is 1. The molecular weight excluding hydrogens is 460 g/mol. The molecule has 0 radical (unpaired) electrons. The van der Waals surface area contributed by atoms with Crippen molar-refractivity contribution in [2.75, 3.05) is 16.4 Å². The van der Waals surface area contributed by atoms with Crippen LogP contribution in [0.1, 0.15) is 25.0 Å². The number of anilines is 2. The number of rotatable bonds is 6. The zero-order chi connectivity index (χ0) is 23.6. The lowest BCUT2D eigenvalue weighted by Gasteiger charge is -2.34. The highest BCUT2D eigenvalue weighted by Gasteiger charge is 2.38. The van der Waals surface area contributed by atoms with Crippen LogP contribution in [0, 0.1) is 0 Å². The van der Waals surface area contributed by atoms with Gasteiger partial charge in [-0.05, 0) is 36.6 Å². The SMILES string of the molecule is CCS(=O)(=O)N1Cc2ccccc2CC1C(=O)Nc1nc(-c2ccc(NC(C)=O)cc2)cs1. The normalized spacial score (nSPS) is 16.1. The number of hydrogen-bond acceptors (Lipinski definition) is 6. The molecule has 4 rings (SSSR count). The third-order valence-corrected chi connectivity index (χ3v) is 8.05. The van der Waals surface area contributed by atoms with Gasteiger partial charge in [-0.25, -0.2) is 13.4 Å². The highest BCUT2D eigenvalue weighted by molar-refractivity contribution is 7.89. The first-order valence-electron chi connectivity index (χ1n) is 10.5. The minimum atomic E-state index is -3.58. The molecule has 0 aliphatic carbocycles. The summed E-state index contributed by atoms with van der Waals surface area (Å²) >= 11 is 1.27. The second-order valence-electron chi connectivity index (χ2n) is 7.72. The molecule has 0 fully saturated rings. The minimum absolute atomic E-state index is 0.0746. The van der Waals surface area contributed by atoms with Crippen LogP contribution in [0.15, 0.2) is 53.9 Å². The molecular formula is C23H24N4O4S2. The molecule has 2 aromatic carbocycles. The molecule has 10 heteroatoms. The van der Waals surface area contributed by atoms with E-state index in [2.05, 4.69) is 15.6 Å². The number of nitrogens with one attached hydrogen (secondary N) is 2. The topological polar surface area (TPSA) is 108 Å². The standard InChI is InChI=1S/C23H24N4O4S2/c1-3-33(30,31)27-13-18-7-5-4-6-17(18)12-21(27)22(29)26-23-25-20(14-32-23)16-8-10-19(11-9-16)24-15(2)28/h4-11,14,21H,3,12-13H2,1-2H3,(H,24,28)(H,25,26,29). The van der Waals surface area contributed by atoms with Gasteiger partial charge in [-0.2, -0.15) is 4.31 Å². The lowest BCUT2D eigenvalue weighted by molar-refractivity contribution is -0.120. The van der Waals surface area contributed by atoms with Crippen LogP contribution in [-0.2, 0) is 32.6 Å². The fraction of sp³-hybridized carbons (Fsp3) is 0.261. The maximum atomic E-state index is 13.2. The number of sulfonamides is 1. The van der Waals surface area contributed by atoms with Crippen molar-refractivity contribution in [2.24, 2.45) is 0 Å². The summed E-state index contributed by atoms with van der Waals surface area (Å²) < 4.78 is 26.7. The molecule has 0 saturated heterocycles. The van der Waals surface area contributed by atoms with Crippen molar-refractivity contribution >= 4 is 44.0 Å². The van der Waals surface area contributed by atoms with Crippen LogP contribution in [0.5, 0.6) is 0 Å². The number of nitrogens with zero attached hydrogens (tertiary/aromatic N) is 2. The van der Waals surface area contributed by atoms with Crippen molar-refractivity contribution in [3.05, 3.63) is 65.0 Å². The Morgan fingerprint density at radius 2 is 1.79 bits per heavy atom. The Labute approximate surface area is 196 Å². The monoisotopic (exact) mass is 484 g/mol. The van der Waals surface area contributed by atoms with Crippen LogP contribution in [0.3, 0.4) is 0 Å². The predicted octanol–water partition coefficient (Wildman–Crippen LogP) is 3.48. The quantitative estimate of drug-likeness (QED) is 0.557. The number of amides is 2.